The summed E-state index contributed by atoms with van der Waals surface area (Å²) in [6.45, 7) is 0.360. The number of furan rings is 1. The zero-order valence-electron chi connectivity index (χ0n) is 10.6. The third-order valence-corrected chi connectivity index (χ3v) is 2.61. The first kappa shape index (κ1) is 13.6. The second kappa shape index (κ2) is 6.38. The number of carboxylic acid groups (broad SMARTS) is 1. The van der Waals surface area contributed by atoms with Gasteiger partial charge in [0.1, 0.15) is 6.26 Å². The van der Waals surface area contributed by atoms with Crippen LogP contribution in [0.1, 0.15) is 21.5 Å². The normalized spacial score (nSPS) is 10.6. The molecule has 1 aromatic carbocycles. The van der Waals surface area contributed by atoms with Gasteiger partial charge in [-0.2, -0.15) is 0 Å². The average Bonchev–Trinajstić information content (AvgIpc) is 2.97. The van der Waals surface area contributed by atoms with Crippen molar-refractivity contribution in [2.24, 2.45) is 0 Å². The molecule has 0 aliphatic heterocycles. The largest absolute Gasteiger partial charge is 0.478 e. The lowest BCUT2D eigenvalue weighted by atomic mass is 10.1. The molecule has 20 heavy (non-hydrogen) atoms. The molecule has 0 saturated carbocycles. The molecule has 0 unspecified atom stereocenters. The van der Waals surface area contributed by atoms with E-state index >= 15 is 0 Å². The third-order valence-electron chi connectivity index (χ3n) is 2.61. The minimum Gasteiger partial charge on any atom is -0.478 e. The molecule has 0 spiro atoms. The predicted molar refractivity (Wildman–Crippen MR) is 73.0 cm³/mol. The van der Waals surface area contributed by atoms with Crippen LogP contribution in [-0.4, -0.2) is 17.0 Å². The number of carboxylic acids is 1. The number of hydrogen-bond acceptors (Lipinski definition) is 3. The van der Waals surface area contributed by atoms with Gasteiger partial charge in [-0.3, -0.25) is 4.79 Å². The first-order valence-electron chi connectivity index (χ1n) is 5.95. The lowest BCUT2D eigenvalue weighted by Crippen LogP contribution is -2.22. The lowest BCUT2D eigenvalue weighted by Gasteiger charge is -2.04. The lowest BCUT2D eigenvalue weighted by molar-refractivity contribution is -0.131. The fourth-order valence-corrected chi connectivity index (χ4v) is 1.65. The van der Waals surface area contributed by atoms with E-state index in [-0.39, 0.29) is 5.91 Å². The van der Waals surface area contributed by atoms with E-state index < -0.39 is 5.97 Å². The van der Waals surface area contributed by atoms with Crippen molar-refractivity contribution in [3.63, 3.8) is 0 Å². The molecule has 2 N–H and O–H groups in total. The van der Waals surface area contributed by atoms with Crippen molar-refractivity contribution in [1.82, 2.24) is 5.32 Å². The number of amides is 1. The summed E-state index contributed by atoms with van der Waals surface area (Å²) in [4.78, 5) is 22.2. The van der Waals surface area contributed by atoms with Crippen LogP contribution >= 0.6 is 0 Å². The van der Waals surface area contributed by atoms with Gasteiger partial charge in [-0.1, -0.05) is 18.2 Å². The van der Waals surface area contributed by atoms with Crippen LogP contribution in [0.5, 0.6) is 0 Å². The fourth-order valence-electron chi connectivity index (χ4n) is 1.65. The summed E-state index contributed by atoms with van der Waals surface area (Å²) in [7, 11) is 0. The second-order valence-corrected chi connectivity index (χ2v) is 4.11. The summed E-state index contributed by atoms with van der Waals surface area (Å²) in [5.41, 5.74) is 2.11. The Kier molecular flexibility index (Phi) is 4.34. The zero-order valence-corrected chi connectivity index (χ0v) is 10.6. The highest BCUT2D eigenvalue weighted by Gasteiger charge is 2.05. The molecule has 1 aromatic heterocycles. The Hall–Kier alpha value is -2.82. The maximum atomic E-state index is 11.7. The summed E-state index contributed by atoms with van der Waals surface area (Å²) < 4.78 is 4.84. The van der Waals surface area contributed by atoms with Gasteiger partial charge < -0.3 is 14.8 Å². The number of hydrogen-bond donors (Lipinski definition) is 2. The minimum atomic E-state index is -0.997. The first-order chi connectivity index (χ1) is 9.65. The summed E-state index contributed by atoms with van der Waals surface area (Å²) in [5, 5.41) is 11.3. The number of nitrogens with one attached hydrogen (secondary N) is 1. The topological polar surface area (TPSA) is 79.5 Å². The zero-order chi connectivity index (χ0) is 14.4. The number of carbonyl (C=O) groups excluding carboxylic acids is 1. The van der Waals surface area contributed by atoms with Gasteiger partial charge in [0.05, 0.1) is 11.8 Å². The maximum Gasteiger partial charge on any atom is 0.328 e. The Balaban J connectivity index is 1.98. The monoisotopic (exact) mass is 271 g/mol. The Morgan fingerprint density at radius 3 is 2.85 bits per heavy atom. The number of aliphatic carboxylic acids is 1. The first-order valence-corrected chi connectivity index (χ1v) is 5.95. The average molecular weight is 271 g/mol. The molecule has 0 bridgehead atoms. The van der Waals surface area contributed by atoms with Crippen LogP contribution < -0.4 is 5.32 Å². The van der Waals surface area contributed by atoms with Crippen LogP contribution in [0.3, 0.4) is 0 Å². The highest BCUT2D eigenvalue weighted by atomic mass is 16.4. The number of benzene rings is 1. The van der Waals surface area contributed by atoms with Gasteiger partial charge in [-0.15, -0.1) is 0 Å². The Morgan fingerprint density at radius 2 is 2.15 bits per heavy atom. The van der Waals surface area contributed by atoms with Crippen molar-refractivity contribution in [3.8, 4) is 0 Å². The molecule has 2 aromatic rings. The van der Waals surface area contributed by atoms with E-state index in [2.05, 4.69) is 5.32 Å². The molecular formula is C15H13NO4. The van der Waals surface area contributed by atoms with Crippen molar-refractivity contribution in [3.05, 3.63) is 65.6 Å². The fraction of sp³-hybridized carbons (Fsp3) is 0.0667. The van der Waals surface area contributed by atoms with Gasteiger partial charge in [0.15, 0.2) is 0 Å². The molecule has 5 nitrogen and oxygen atoms in total. The van der Waals surface area contributed by atoms with Crippen LogP contribution in [0.2, 0.25) is 0 Å². The van der Waals surface area contributed by atoms with Crippen LogP contribution in [0, 0.1) is 0 Å². The molecular weight excluding hydrogens is 258 g/mol. The second-order valence-electron chi connectivity index (χ2n) is 4.11. The Morgan fingerprint density at radius 1 is 1.30 bits per heavy atom. The van der Waals surface area contributed by atoms with Crippen molar-refractivity contribution in [2.45, 2.75) is 6.54 Å². The number of carbonyl (C=O) groups is 2. The molecule has 0 aliphatic carbocycles. The highest BCUT2D eigenvalue weighted by molar-refractivity contribution is 5.93. The summed E-state index contributed by atoms with van der Waals surface area (Å²) in [6, 6.07) is 8.85. The Labute approximate surface area is 115 Å². The molecule has 2 rings (SSSR count). The van der Waals surface area contributed by atoms with E-state index in [4.69, 9.17) is 9.52 Å². The summed E-state index contributed by atoms with van der Waals surface area (Å²) >= 11 is 0. The molecule has 1 heterocycles. The van der Waals surface area contributed by atoms with Gasteiger partial charge in [0, 0.05) is 12.6 Å². The molecule has 5 heteroatoms. The summed E-state index contributed by atoms with van der Waals surface area (Å²) in [5.74, 6) is -1.21. The molecule has 0 saturated heterocycles. The Bertz CT molecular complexity index is 629. The van der Waals surface area contributed by atoms with Crippen LogP contribution in [-0.2, 0) is 11.3 Å². The van der Waals surface area contributed by atoms with E-state index in [1.807, 2.05) is 12.1 Å². The third kappa shape index (κ3) is 3.84. The molecule has 0 fully saturated rings. The van der Waals surface area contributed by atoms with Crippen molar-refractivity contribution >= 4 is 18.0 Å². The quantitative estimate of drug-likeness (QED) is 0.818. The van der Waals surface area contributed by atoms with E-state index in [1.54, 1.807) is 18.2 Å². The van der Waals surface area contributed by atoms with Gasteiger partial charge >= 0.3 is 5.97 Å². The van der Waals surface area contributed by atoms with Crippen molar-refractivity contribution in [1.29, 1.82) is 0 Å². The van der Waals surface area contributed by atoms with Crippen molar-refractivity contribution < 1.29 is 19.1 Å². The van der Waals surface area contributed by atoms with E-state index in [1.165, 1.54) is 18.6 Å². The summed E-state index contributed by atoms with van der Waals surface area (Å²) in [6.07, 6.45) is 5.39. The van der Waals surface area contributed by atoms with Gasteiger partial charge in [0.25, 0.3) is 5.91 Å². The number of rotatable bonds is 5. The van der Waals surface area contributed by atoms with E-state index in [0.29, 0.717) is 12.1 Å². The van der Waals surface area contributed by atoms with Crippen molar-refractivity contribution in [2.75, 3.05) is 0 Å². The smallest absolute Gasteiger partial charge is 0.328 e. The molecule has 102 valence electrons. The van der Waals surface area contributed by atoms with Crippen LogP contribution in [0.4, 0.5) is 0 Å². The van der Waals surface area contributed by atoms with Gasteiger partial charge in [-0.25, -0.2) is 4.79 Å². The van der Waals surface area contributed by atoms with Gasteiger partial charge in [0.2, 0.25) is 0 Å². The maximum absolute atomic E-state index is 11.7. The molecule has 1 amide bonds. The molecule has 0 aliphatic rings. The standard InChI is InChI=1S/C15H13NO4/c17-14(18)5-4-11-2-1-3-12(8-11)9-16-15(19)13-6-7-20-10-13/h1-8,10H,9H2,(H,16,19)(H,17,18). The van der Waals surface area contributed by atoms with Gasteiger partial charge in [-0.05, 0) is 29.3 Å². The van der Waals surface area contributed by atoms with Crippen LogP contribution in [0.25, 0.3) is 6.08 Å². The predicted octanol–water partition coefficient (Wildman–Crippen LogP) is 2.31. The van der Waals surface area contributed by atoms with E-state index in [0.717, 1.165) is 17.2 Å². The SMILES string of the molecule is O=C(O)C=Cc1cccc(CNC(=O)c2ccoc2)c1. The van der Waals surface area contributed by atoms with Crippen LogP contribution in [0.15, 0.2) is 53.4 Å². The van der Waals surface area contributed by atoms with E-state index in [9.17, 15) is 9.59 Å². The minimum absolute atomic E-state index is 0.217. The highest BCUT2D eigenvalue weighted by Crippen LogP contribution is 2.08. The molecule has 0 atom stereocenters. The molecule has 0 radical (unpaired) electrons.